The van der Waals surface area contributed by atoms with Gasteiger partial charge in [-0.15, -0.1) is 0 Å². The van der Waals surface area contributed by atoms with E-state index in [2.05, 4.69) is 39.2 Å². The minimum absolute atomic E-state index is 0.00834. The maximum absolute atomic E-state index is 12.7. The van der Waals surface area contributed by atoms with Gasteiger partial charge >= 0.3 is 0 Å². The van der Waals surface area contributed by atoms with E-state index in [1.807, 2.05) is 18.2 Å². The highest BCUT2D eigenvalue weighted by atomic mass is 16.5. The molecule has 1 aliphatic heterocycles. The smallest absolute Gasteiger partial charge is 0.225 e. The molecule has 3 rings (SSSR count). The Balaban J connectivity index is 1.47. The van der Waals surface area contributed by atoms with Gasteiger partial charge in [-0.3, -0.25) is 4.79 Å². The van der Waals surface area contributed by atoms with Crippen LogP contribution in [0.5, 0.6) is 5.75 Å². The number of aromatic nitrogens is 2. The number of nitrogens with zero attached hydrogens (tertiary/aromatic N) is 3. The van der Waals surface area contributed by atoms with Crippen molar-refractivity contribution < 1.29 is 9.53 Å². The molecule has 0 radical (unpaired) electrons. The molecule has 1 saturated heterocycles. The number of ether oxygens (including phenoxy) is 1. The van der Waals surface area contributed by atoms with Crippen LogP contribution in [-0.4, -0.2) is 42.1 Å². The molecule has 0 saturated carbocycles. The van der Waals surface area contributed by atoms with Crippen LogP contribution >= 0.6 is 0 Å². The normalized spacial score (nSPS) is 18.0. The average molecular weight is 368 g/mol. The van der Waals surface area contributed by atoms with Gasteiger partial charge in [0.2, 0.25) is 11.9 Å². The molecule has 6 heteroatoms. The van der Waals surface area contributed by atoms with Crippen molar-refractivity contribution in [1.29, 1.82) is 0 Å². The number of benzene rings is 1. The molecular formula is C21H28N4O2. The maximum atomic E-state index is 12.7. The van der Waals surface area contributed by atoms with E-state index in [1.165, 1.54) is 5.56 Å². The predicted octanol–water partition coefficient (Wildman–Crippen LogP) is 2.84. The lowest BCUT2D eigenvalue weighted by Crippen LogP contribution is -2.45. The second-order valence-corrected chi connectivity index (χ2v) is 7.13. The Morgan fingerprint density at radius 1 is 1.30 bits per heavy atom. The fourth-order valence-electron chi connectivity index (χ4n) is 3.44. The zero-order valence-corrected chi connectivity index (χ0v) is 16.1. The molecule has 2 atom stereocenters. The lowest BCUT2D eigenvalue weighted by Gasteiger charge is -2.32. The van der Waals surface area contributed by atoms with Crippen LogP contribution in [0.15, 0.2) is 42.7 Å². The topological polar surface area (TPSA) is 67.3 Å². The highest BCUT2D eigenvalue weighted by Gasteiger charge is 2.27. The molecule has 1 aromatic carbocycles. The Hall–Kier alpha value is -2.63. The second-order valence-electron chi connectivity index (χ2n) is 7.13. The van der Waals surface area contributed by atoms with Crippen molar-refractivity contribution in [2.75, 3.05) is 25.1 Å². The van der Waals surface area contributed by atoms with Gasteiger partial charge in [0.1, 0.15) is 5.75 Å². The maximum Gasteiger partial charge on any atom is 0.225 e. The molecule has 0 spiro atoms. The summed E-state index contributed by atoms with van der Waals surface area (Å²) in [5, 5.41) is 3.18. The fourth-order valence-corrected chi connectivity index (χ4v) is 3.44. The Morgan fingerprint density at radius 2 is 2.04 bits per heavy atom. The van der Waals surface area contributed by atoms with E-state index in [-0.39, 0.29) is 17.9 Å². The first-order chi connectivity index (χ1) is 13.2. The summed E-state index contributed by atoms with van der Waals surface area (Å²) < 4.78 is 5.19. The van der Waals surface area contributed by atoms with Crippen LogP contribution in [0.1, 0.15) is 31.7 Å². The van der Waals surface area contributed by atoms with E-state index in [0.717, 1.165) is 38.0 Å². The van der Waals surface area contributed by atoms with Crippen molar-refractivity contribution in [3.05, 3.63) is 48.3 Å². The molecular weight excluding hydrogens is 340 g/mol. The van der Waals surface area contributed by atoms with E-state index in [4.69, 9.17) is 4.74 Å². The van der Waals surface area contributed by atoms with Gasteiger partial charge in [0.15, 0.2) is 0 Å². The Bertz CT molecular complexity index is 721. The van der Waals surface area contributed by atoms with Gasteiger partial charge in [-0.05, 0) is 56.4 Å². The van der Waals surface area contributed by atoms with Gasteiger partial charge in [0, 0.05) is 31.5 Å². The van der Waals surface area contributed by atoms with Crippen LogP contribution in [0.4, 0.5) is 5.95 Å². The third kappa shape index (κ3) is 5.42. The number of anilines is 1. The molecule has 1 fully saturated rings. The molecule has 144 valence electrons. The van der Waals surface area contributed by atoms with Crippen LogP contribution in [0, 0.1) is 5.92 Å². The molecule has 27 heavy (non-hydrogen) atoms. The number of hydrogen-bond donors (Lipinski definition) is 1. The summed E-state index contributed by atoms with van der Waals surface area (Å²) in [6.07, 6.45) is 7.23. The summed E-state index contributed by atoms with van der Waals surface area (Å²) in [6, 6.07) is 10.0. The minimum Gasteiger partial charge on any atom is -0.497 e. The largest absolute Gasteiger partial charge is 0.497 e. The number of amides is 1. The summed E-state index contributed by atoms with van der Waals surface area (Å²) in [5.41, 5.74) is 1.25. The molecule has 1 amide bonds. The van der Waals surface area contributed by atoms with Gasteiger partial charge in [-0.25, -0.2) is 9.97 Å². The van der Waals surface area contributed by atoms with Crippen LogP contribution < -0.4 is 15.0 Å². The Kier molecular flexibility index (Phi) is 6.63. The molecule has 2 aromatic rings. The monoisotopic (exact) mass is 368 g/mol. The van der Waals surface area contributed by atoms with Crippen molar-refractivity contribution in [3.8, 4) is 5.75 Å². The summed E-state index contributed by atoms with van der Waals surface area (Å²) in [5.74, 6) is 1.70. The SMILES string of the molecule is COc1ccc(CC[C@@H](C)NC(=O)[C@@H]2CCCN(c3ncccn3)C2)cc1. The lowest BCUT2D eigenvalue weighted by molar-refractivity contribution is -0.125. The first kappa shape index (κ1) is 19.1. The van der Waals surface area contributed by atoms with Gasteiger partial charge < -0.3 is 15.0 Å². The van der Waals surface area contributed by atoms with Crippen molar-refractivity contribution in [3.63, 3.8) is 0 Å². The van der Waals surface area contributed by atoms with Gasteiger partial charge in [0.05, 0.1) is 13.0 Å². The number of nitrogens with one attached hydrogen (secondary N) is 1. The highest BCUT2D eigenvalue weighted by molar-refractivity contribution is 5.79. The molecule has 1 N–H and O–H groups in total. The van der Waals surface area contributed by atoms with Crippen molar-refractivity contribution in [2.24, 2.45) is 5.92 Å². The van der Waals surface area contributed by atoms with Crippen molar-refractivity contribution in [1.82, 2.24) is 15.3 Å². The Morgan fingerprint density at radius 3 is 2.74 bits per heavy atom. The second kappa shape index (κ2) is 9.35. The predicted molar refractivity (Wildman–Crippen MR) is 106 cm³/mol. The number of carbonyl (C=O) groups is 1. The van der Waals surface area contributed by atoms with Gasteiger partial charge in [-0.2, -0.15) is 0 Å². The molecule has 0 unspecified atom stereocenters. The van der Waals surface area contributed by atoms with Crippen LogP contribution in [0.25, 0.3) is 0 Å². The summed E-state index contributed by atoms with van der Waals surface area (Å²) in [4.78, 5) is 23.4. The number of methoxy groups -OCH3 is 1. The molecule has 0 aliphatic carbocycles. The van der Waals surface area contributed by atoms with Crippen molar-refractivity contribution in [2.45, 2.75) is 38.6 Å². The quantitative estimate of drug-likeness (QED) is 0.814. The fraction of sp³-hybridized carbons (Fsp3) is 0.476. The standard InChI is InChI=1S/C21H28N4O2/c1-16(6-7-17-8-10-19(27-2)11-9-17)24-20(26)18-5-3-14-25(15-18)21-22-12-4-13-23-21/h4,8-13,16,18H,3,5-7,14-15H2,1-2H3,(H,24,26)/t16-,18-/m1/s1. The minimum atomic E-state index is -0.00834. The number of aryl methyl sites for hydroxylation is 1. The average Bonchev–Trinajstić information content (AvgIpc) is 2.73. The lowest BCUT2D eigenvalue weighted by atomic mass is 9.96. The molecule has 1 aromatic heterocycles. The number of rotatable bonds is 7. The van der Waals surface area contributed by atoms with E-state index < -0.39 is 0 Å². The Labute approximate surface area is 161 Å². The van der Waals surface area contributed by atoms with Crippen LogP contribution in [0.3, 0.4) is 0 Å². The number of piperidine rings is 1. The first-order valence-corrected chi connectivity index (χ1v) is 9.61. The third-order valence-electron chi connectivity index (χ3n) is 5.04. The summed E-state index contributed by atoms with van der Waals surface area (Å²) in [7, 11) is 1.67. The zero-order valence-electron chi connectivity index (χ0n) is 16.1. The van der Waals surface area contributed by atoms with E-state index in [0.29, 0.717) is 12.5 Å². The molecule has 6 nitrogen and oxygen atoms in total. The van der Waals surface area contributed by atoms with E-state index in [1.54, 1.807) is 19.5 Å². The van der Waals surface area contributed by atoms with Crippen LogP contribution in [-0.2, 0) is 11.2 Å². The number of hydrogen-bond acceptors (Lipinski definition) is 5. The highest BCUT2D eigenvalue weighted by Crippen LogP contribution is 2.20. The van der Waals surface area contributed by atoms with E-state index in [9.17, 15) is 4.79 Å². The van der Waals surface area contributed by atoms with Gasteiger partial charge in [0.25, 0.3) is 0 Å². The summed E-state index contributed by atoms with van der Waals surface area (Å²) >= 11 is 0. The van der Waals surface area contributed by atoms with Crippen LogP contribution in [0.2, 0.25) is 0 Å². The number of carbonyl (C=O) groups excluding carboxylic acids is 1. The molecule has 2 heterocycles. The first-order valence-electron chi connectivity index (χ1n) is 9.61. The molecule has 1 aliphatic rings. The van der Waals surface area contributed by atoms with Crippen molar-refractivity contribution >= 4 is 11.9 Å². The zero-order chi connectivity index (χ0) is 19.1. The summed E-state index contributed by atoms with van der Waals surface area (Å²) in [6.45, 7) is 3.66. The van der Waals surface area contributed by atoms with E-state index >= 15 is 0 Å². The van der Waals surface area contributed by atoms with Gasteiger partial charge in [-0.1, -0.05) is 12.1 Å². The third-order valence-corrected chi connectivity index (χ3v) is 5.04. The molecule has 0 bridgehead atoms.